The molecular formula is C19H22F3N5O4. The summed E-state index contributed by atoms with van der Waals surface area (Å²) in [5, 5.41) is 4.34. The summed E-state index contributed by atoms with van der Waals surface area (Å²) in [6.07, 6.45) is -2.37. The number of piperidine rings is 1. The largest absolute Gasteiger partial charge is 0.528 e. The lowest BCUT2D eigenvalue weighted by Gasteiger charge is -2.30. The number of anilines is 2. The minimum atomic E-state index is -4.45. The van der Waals surface area contributed by atoms with Gasteiger partial charge in [0.15, 0.2) is 0 Å². The van der Waals surface area contributed by atoms with Crippen LogP contribution in [0.2, 0.25) is 0 Å². The van der Waals surface area contributed by atoms with Crippen molar-refractivity contribution < 1.29 is 32.3 Å². The van der Waals surface area contributed by atoms with Crippen LogP contribution in [0.25, 0.3) is 0 Å². The zero-order valence-corrected chi connectivity index (χ0v) is 16.9. The maximum Gasteiger partial charge on any atom is 0.528 e. The minimum absolute atomic E-state index is 0.145. The van der Waals surface area contributed by atoms with Gasteiger partial charge in [-0.2, -0.15) is 13.2 Å². The van der Waals surface area contributed by atoms with Gasteiger partial charge in [0.2, 0.25) is 5.88 Å². The highest BCUT2D eigenvalue weighted by molar-refractivity contribution is 5.59. The van der Waals surface area contributed by atoms with Gasteiger partial charge in [-0.1, -0.05) is 0 Å². The van der Waals surface area contributed by atoms with Gasteiger partial charge >= 0.3 is 12.3 Å². The number of nitrogens with one attached hydrogen (secondary N) is 1. The lowest BCUT2D eigenvalue weighted by atomic mass is 10.1. The molecule has 0 atom stereocenters. The molecule has 0 radical (unpaired) electrons. The Hall–Kier alpha value is -3.15. The topological polar surface area (TPSA) is 98.7 Å². The monoisotopic (exact) mass is 441 g/mol. The predicted molar refractivity (Wildman–Crippen MR) is 102 cm³/mol. The van der Waals surface area contributed by atoms with Crippen molar-refractivity contribution in [3.63, 3.8) is 0 Å². The second kappa shape index (κ2) is 9.77. The Kier molecular flexibility index (Phi) is 7.10. The average molecular weight is 441 g/mol. The van der Waals surface area contributed by atoms with Crippen molar-refractivity contribution in [1.29, 1.82) is 0 Å². The van der Waals surface area contributed by atoms with Crippen LogP contribution in [-0.2, 0) is 15.8 Å². The normalized spacial score (nSPS) is 15.5. The van der Waals surface area contributed by atoms with Crippen molar-refractivity contribution in [3.8, 4) is 5.88 Å². The Balaban J connectivity index is 1.50. The van der Waals surface area contributed by atoms with Crippen molar-refractivity contribution in [1.82, 2.24) is 20.0 Å². The Morgan fingerprint density at radius 3 is 2.52 bits per heavy atom. The number of halogens is 3. The van der Waals surface area contributed by atoms with Gasteiger partial charge in [0, 0.05) is 38.2 Å². The van der Waals surface area contributed by atoms with Crippen molar-refractivity contribution in [3.05, 3.63) is 36.3 Å². The molecule has 0 bridgehead atoms. The van der Waals surface area contributed by atoms with E-state index in [1.807, 2.05) is 0 Å². The molecule has 1 saturated heterocycles. The fraction of sp³-hybridized carbons (Fsp3) is 0.474. The third-order valence-corrected chi connectivity index (χ3v) is 4.21. The van der Waals surface area contributed by atoms with Crippen molar-refractivity contribution in [2.24, 2.45) is 0 Å². The summed E-state index contributed by atoms with van der Waals surface area (Å²) in [4.78, 5) is 28.5. The zero-order chi connectivity index (χ0) is 22.4. The molecule has 1 fully saturated rings. The quantitative estimate of drug-likeness (QED) is 0.668. The van der Waals surface area contributed by atoms with E-state index in [2.05, 4.69) is 20.3 Å². The third-order valence-electron chi connectivity index (χ3n) is 4.21. The van der Waals surface area contributed by atoms with Crippen LogP contribution in [0, 0.1) is 0 Å². The molecule has 0 unspecified atom stereocenters. The first-order valence-electron chi connectivity index (χ1n) is 9.61. The number of hydrogen-bond donors (Lipinski definition) is 1. The first-order valence-corrected chi connectivity index (χ1v) is 9.61. The molecule has 0 spiro atoms. The second-order valence-electron chi connectivity index (χ2n) is 7.05. The van der Waals surface area contributed by atoms with Gasteiger partial charge in [0.1, 0.15) is 24.1 Å². The molecule has 0 saturated carbocycles. The number of hydroxylamine groups is 2. The molecule has 1 aliphatic heterocycles. The Morgan fingerprint density at radius 1 is 1.16 bits per heavy atom. The van der Waals surface area contributed by atoms with Crippen LogP contribution in [0.4, 0.5) is 29.6 Å². The molecule has 3 heterocycles. The van der Waals surface area contributed by atoms with Crippen LogP contribution in [0.15, 0.2) is 30.7 Å². The predicted octanol–water partition coefficient (Wildman–Crippen LogP) is 3.95. The summed E-state index contributed by atoms with van der Waals surface area (Å²) < 4.78 is 48.7. The number of rotatable bonds is 6. The molecule has 0 aliphatic carbocycles. The molecule has 3 rings (SSSR count). The number of hydrogen-bond acceptors (Lipinski definition) is 9. The molecule has 31 heavy (non-hydrogen) atoms. The maximum absolute atomic E-state index is 12.6. The maximum atomic E-state index is 12.6. The molecule has 2 aromatic heterocycles. The summed E-state index contributed by atoms with van der Waals surface area (Å²) in [7, 11) is 0. The van der Waals surface area contributed by atoms with E-state index < -0.39 is 17.9 Å². The van der Waals surface area contributed by atoms with Gasteiger partial charge in [0.05, 0.1) is 11.7 Å². The van der Waals surface area contributed by atoms with Gasteiger partial charge in [-0.3, -0.25) is 0 Å². The first-order chi connectivity index (χ1) is 14.7. The molecule has 0 aromatic carbocycles. The molecule has 2 aromatic rings. The molecule has 9 nitrogen and oxygen atoms in total. The van der Waals surface area contributed by atoms with Gasteiger partial charge in [0.25, 0.3) is 0 Å². The van der Waals surface area contributed by atoms with Crippen LogP contribution < -0.4 is 10.1 Å². The van der Waals surface area contributed by atoms with Gasteiger partial charge in [-0.15, -0.1) is 5.06 Å². The average Bonchev–Trinajstić information content (AvgIpc) is 2.69. The third kappa shape index (κ3) is 6.95. The summed E-state index contributed by atoms with van der Waals surface area (Å²) in [6, 6.07) is 3.68. The zero-order valence-electron chi connectivity index (χ0n) is 16.9. The number of carbonyl (C=O) groups is 1. The fourth-order valence-electron chi connectivity index (χ4n) is 2.77. The Labute approximate surface area is 176 Å². The van der Waals surface area contributed by atoms with Crippen LogP contribution in [0.5, 0.6) is 5.88 Å². The van der Waals surface area contributed by atoms with Crippen LogP contribution in [0.3, 0.4) is 0 Å². The Bertz CT molecular complexity index is 872. The molecule has 0 amide bonds. The van der Waals surface area contributed by atoms with E-state index in [9.17, 15) is 18.0 Å². The molecule has 1 N–H and O–H groups in total. The SMILES string of the molecule is CC(C)OC(=O)ON1CCC(Oc2cc(Nc3ccc(C(F)(F)F)cn3)ncn2)CC1. The molecule has 168 valence electrons. The Morgan fingerprint density at radius 2 is 1.90 bits per heavy atom. The van der Waals surface area contributed by atoms with Crippen molar-refractivity contribution in [2.75, 3.05) is 18.4 Å². The lowest BCUT2D eigenvalue weighted by molar-refractivity contribution is -0.151. The van der Waals surface area contributed by atoms with E-state index in [-0.39, 0.29) is 18.0 Å². The summed E-state index contributed by atoms with van der Waals surface area (Å²) >= 11 is 0. The lowest BCUT2D eigenvalue weighted by Crippen LogP contribution is -2.40. The van der Waals surface area contributed by atoms with Gasteiger partial charge in [-0.25, -0.2) is 19.7 Å². The minimum Gasteiger partial charge on any atom is -0.474 e. The first kappa shape index (κ1) is 22.5. The number of aromatic nitrogens is 3. The smallest absolute Gasteiger partial charge is 0.474 e. The number of pyridine rings is 1. The van der Waals surface area contributed by atoms with E-state index in [1.54, 1.807) is 13.8 Å². The van der Waals surface area contributed by atoms with Crippen molar-refractivity contribution >= 4 is 17.8 Å². The number of alkyl halides is 3. The summed E-state index contributed by atoms with van der Waals surface area (Å²) in [5.74, 6) is 0.842. The highest BCUT2D eigenvalue weighted by Crippen LogP contribution is 2.29. The van der Waals surface area contributed by atoms with Gasteiger partial charge < -0.3 is 19.6 Å². The van der Waals surface area contributed by atoms with Gasteiger partial charge in [-0.05, 0) is 26.0 Å². The summed E-state index contributed by atoms with van der Waals surface area (Å²) in [6.45, 7) is 4.42. The number of carbonyl (C=O) groups excluding carboxylic acids is 1. The highest BCUT2D eigenvalue weighted by Gasteiger charge is 2.30. The molecule has 1 aliphatic rings. The van der Waals surface area contributed by atoms with E-state index >= 15 is 0 Å². The molecular weight excluding hydrogens is 419 g/mol. The number of nitrogens with zero attached hydrogens (tertiary/aromatic N) is 4. The fourth-order valence-corrected chi connectivity index (χ4v) is 2.77. The van der Waals surface area contributed by atoms with E-state index in [0.29, 0.717) is 37.6 Å². The van der Waals surface area contributed by atoms with Crippen LogP contribution >= 0.6 is 0 Å². The highest BCUT2D eigenvalue weighted by atomic mass is 19.4. The molecule has 12 heteroatoms. The van der Waals surface area contributed by atoms with E-state index in [0.717, 1.165) is 12.3 Å². The number of ether oxygens (including phenoxy) is 2. The van der Waals surface area contributed by atoms with E-state index in [1.165, 1.54) is 23.5 Å². The summed E-state index contributed by atoms with van der Waals surface area (Å²) in [5.41, 5.74) is -0.836. The standard InChI is InChI=1S/C19H22F3N5O4/c1-12(2)29-18(28)31-27-7-5-14(6-8-27)30-17-9-16(24-11-25-17)26-15-4-3-13(10-23-15)19(20,21)22/h3-4,9-12,14H,5-8H2,1-2H3,(H,23,24,25,26). The van der Waals surface area contributed by atoms with Crippen molar-refractivity contribution in [2.45, 2.75) is 45.1 Å². The second-order valence-corrected chi connectivity index (χ2v) is 7.05. The van der Waals surface area contributed by atoms with Crippen LogP contribution in [0.1, 0.15) is 32.3 Å². The van der Waals surface area contributed by atoms with Crippen LogP contribution in [-0.4, -0.2) is 51.5 Å². The van der Waals surface area contributed by atoms with E-state index in [4.69, 9.17) is 14.3 Å².